The number of halogens is 4. The summed E-state index contributed by atoms with van der Waals surface area (Å²) < 4.78 is 43.9. The van der Waals surface area contributed by atoms with E-state index in [2.05, 4.69) is 20.9 Å². The van der Waals surface area contributed by atoms with Crippen LogP contribution in [0, 0.1) is 0 Å². The van der Waals surface area contributed by atoms with Gasteiger partial charge in [0.1, 0.15) is 0 Å². The quantitative estimate of drug-likeness (QED) is 0.446. The van der Waals surface area contributed by atoms with E-state index in [9.17, 15) is 22.8 Å². The largest absolute Gasteiger partial charge is 0.493 e. The Bertz CT molecular complexity index is 1200. The molecule has 0 saturated heterocycles. The number of nitrogens with zero attached hydrogens (tertiary/aromatic N) is 1. The first-order valence-electron chi connectivity index (χ1n) is 9.43. The van der Waals surface area contributed by atoms with E-state index in [1.165, 1.54) is 37.6 Å². The van der Waals surface area contributed by atoms with E-state index in [0.29, 0.717) is 17.3 Å². The summed E-state index contributed by atoms with van der Waals surface area (Å²) in [6.45, 7) is 0. The predicted octanol–water partition coefficient (Wildman–Crippen LogP) is 5.31. The number of alkyl halides is 3. The Balaban J connectivity index is 1.79. The first kappa shape index (κ1) is 23.9. The third kappa shape index (κ3) is 5.72. The average Bonchev–Trinajstić information content (AvgIpc) is 2.79. The molecule has 0 aliphatic rings. The van der Waals surface area contributed by atoms with E-state index in [-0.39, 0.29) is 21.8 Å². The third-order valence-electron chi connectivity index (χ3n) is 4.49. The van der Waals surface area contributed by atoms with E-state index in [1.54, 1.807) is 13.1 Å². The Kier molecular flexibility index (Phi) is 7.07. The summed E-state index contributed by atoms with van der Waals surface area (Å²) in [6, 6.07) is 9.70. The summed E-state index contributed by atoms with van der Waals surface area (Å²) in [6.07, 6.45) is -3.16. The zero-order valence-corrected chi connectivity index (χ0v) is 18.1. The molecule has 0 saturated carbocycles. The van der Waals surface area contributed by atoms with Gasteiger partial charge in [-0.25, -0.2) is 4.98 Å². The summed E-state index contributed by atoms with van der Waals surface area (Å²) in [7, 11) is 3.12. The van der Waals surface area contributed by atoms with E-state index in [1.807, 2.05) is 0 Å². The molecule has 7 nitrogen and oxygen atoms in total. The summed E-state index contributed by atoms with van der Waals surface area (Å²) in [5.74, 6) is -0.473. The van der Waals surface area contributed by atoms with E-state index >= 15 is 0 Å². The molecule has 0 atom stereocenters. The van der Waals surface area contributed by atoms with Crippen molar-refractivity contribution in [3.8, 4) is 5.75 Å². The molecule has 1 heterocycles. The van der Waals surface area contributed by atoms with E-state index < -0.39 is 23.6 Å². The Morgan fingerprint density at radius 3 is 2.39 bits per heavy atom. The first-order chi connectivity index (χ1) is 15.6. The summed E-state index contributed by atoms with van der Waals surface area (Å²) in [4.78, 5) is 29.3. The SMILES string of the molecule is CNc1ncc(NC(=O)c2cc(NC(=O)c3cccc(C(F)(F)F)c3)ccc2Cl)cc1OC. The lowest BCUT2D eigenvalue weighted by Gasteiger charge is -2.12. The van der Waals surface area contributed by atoms with Crippen LogP contribution in [0.3, 0.4) is 0 Å². The summed E-state index contributed by atoms with van der Waals surface area (Å²) in [5, 5.41) is 8.05. The lowest BCUT2D eigenvalue weighted by atomic mass is 10.1. The number of pyridine rings is 1. The minimum absolute atomic E-state index is 0.0372. The molecule has 1 aromatic heterocycles. The minimum atomic E-state index is -4.58. The van der Waals surface area contributed by atoms with Crippen LogP contribution in [0.15, 0.2) is 54.7 Å². The fourth-order valence-electron chi connectivity index (χ4n) is 2.87. The van der Waals surface area contributed by atoms with Crippen LogP contribution in [0.5, 0.6) is 5.75 Å². The van der Waals surface area contributed by atoms with Crippen LogP contribution in [-0.4, -0.2) is 31.0 Å². The fourth-order valence-corrected chi connectivity index (χ4v) is 3.08. The number of amides is 2. The number of carbonyl (C=O) groups excluding carboxylic acids is 2. The van der Waals surface area contributed by atoms with Gasteiger partial charge in [-0.3, -0.25) is 9.59 Å². The Labute approximate surface area is 191 Å². The molecule has 0 radical (unpaired) electrons. The summed E-state index contributed by atoms with van der Waals surface area (Å²) in [5.41, 5.74) is -0.582. The van der Waals surface area contributed by atoms with Crippen molar-refractivity contribution in [1.82, 2.24) is 4.98 Å². The van der Waals surface area contributed by atoms with Gasteiger partial charge in [0.25, 0.3) is 11.8 Å². The molecule has 2 amide bonds. The van der Waals surface area contributed by atoms with Crippen molar-refractivity contribution in [2.75, 3.05) is 30.1 Å². The first-order valence-corrected chi connectivity index (χ1v) is 9.81. The molecule has 172 valence electrons. The highest BCUT2D eigenvalue weighted by Crippen LogP contribution is 2.30. The molecule has 3 N–H and O–H groups in total. The molecule has 0 bridgehead atoms. The molecular weight excluding hydrogens is 461 g/mol. The van der Waals surface area contributed by atoms with Gasteiger partial charge in [0, 0.05) is 24.4 Å². The van der Waals surface area contributed by atoms with Crippen molar-refractivity contribution in [2.45, 2.75) is 6.18 Å². The molecule has 3 rings (SSSR count). The highest BCUT2D eigenvalue weighted by molar-refractivity contribution is 6.34. The van der Waals surface area contributed by atoms with Crippen LogP contribution in [0.4, 0.5) is 30.4 Å². The highest BCUT2D eigenvalue weighted by Gasteiger charge is 2.31. The second kappa shape index (κ2) is 9.78. The van der Waals surface area contributed by atoms with Gasteiger partial charge in [-0.2, -0.15) is 13.2 Å². The van der Waals surface area contributed by atoms with Crippen LogP contribution in [0.2, 0.25) is 5.02 Å². The number of carbonyl (C=O) groups is 2. The van der Waals surface area contributed by atoms with Crippen molar-refractivity contribution < 1.29 is 27.5 Å². The van der Waals surface area contributed by atoms with Gasteiger partial charge in [0.05, 0.1) is 35.1 Å². The number of hydrogen-bond acceptors (Lipinski definition) is 5. The number of rotatable bonds is 6. The lowest BCUT2D eigenvalue weighted by Crippen LogP contribution is -2.16. The molecule has 3 aromatic rings. The van der Waals surface area contributed by atoms with Crippen molar-refractivity contribution >= 4 is 40.6 Å². The molecule has 0 unspecified atom stereocenters. The van der Waals surface area contributed by atoms with Crippen molar-refractivity contribution in [3.05, 3.63) is 76.4 Å². The van der Waals surface area contributed by atoms with Gasteiger partial charge in [-0.05, 0) is 36.4 Å². The van der Waals surface area contributed by atoms with Gasteiger partial charge in [-0.15, -0.1) is 0 Å². The van der Waals surface area contributed by atoms with Gasteiger partial charge >= 0.3 is 6.18 Å². The van der Waals surface area contributed by atoms with Gasteiger partial charge in [0.2, 0.25) is 0 Å². The van der Waals surface area contributed by atoms with E-state index in [4.69, 9.17) is 16.3 Å². The number of anilines is 3. The van der Waals surface area contributed by atoms with E-state index in [0.717, 1.165) is 18.2 Å². The maximum atomic E-state index is 12.9. The molecule has 33 heavy (non-hydrogen) atoms. The topological polar surface area (TPSA) is 92.4 Å². The number of aromatic nitrogens is 1. The van der Waals surface area contributed by atoms with Crippen LogP contribution >= 0.6 is 11.6 Å². The standard InChI is InChI=1S/C22H18ClF3N4O3/c1-27-19-18(33-2)10-15(11-28-19)30-21(32)16-9-14(6-7-17(16)23)29-20(31)12-4-3-5-13(8-12)22(24,25)26/h3-11H,1-2H3,(H,27,28)(H,29,31)(H,30,32). The smallest absolute Gasteiger partial charge is 0.416 e. The number of nitrogens with one attached hydrogen (secondary N) is 3. The zero-order valence-electron chi connectivity index (χ0n) is 17.4. The normalized spacial score (nSPS) is 11.0. The lowest BCUT2D eigenvalue weighted by molar-refractivity contribution is -0.137. The second-order valence-electron chi connectivity index (χ2n) is 6.71. The van der Waals surface area contributed by atoms with Gasteiger partial charge in [0.15, 0.2) is 11.6 Å². The molecular formula is C22H18ClF3N4O3. The average molecular weight is 479 g/mol. The van der Waals surface area contributed by atoms with Crippen molar-refractivity contribution in [2.24, 2.45) is 0 Å². The van der Waals surface area contributed by atoms with Crippen LogP contribution in [-0.2, 0) is 6.18 Å². The molecule has 11 heteroatoms. The molecule has 0 aliphatic carbocycles. The van der Waals surface area contributed by atoms with Gasteiger partial charge < -0.3 is 20.7 Å². The summed E-state index contributed by atoms with van der Waals surface area (Å²) >= 11 is 6.14. The van der Waals surface area contributed by atoms with Crippen molar-refractivity contribution in [3.63, 3.8) is 0 Å². The minimum Gasteiger partial charge on any atom is -0.493 e. The molecule has 0 aliphatic heterocycles. The van der Waals surface area contributed by atoms with Crippen LogP contribution < -0.4 is 20.7 Å². The highest BCUT2D eigenvalue weighted by atomic mass is 35.5. The molecule has 0 fully saturated rings. The molecule has 2 aromatic carbocycles. The maximum Gasteiger partial charge on any atom is 0.416 e. The maximum absolute atomic E-state index is 12.9. The Morgan fingerprint density at radius 2 is 1.73 bits per heavy atom. The van der Waals surface area contributed by atoms with Crippen LogP contribution in [0.1, 0.15) is 26.3 Å². The van der Waals surface area contributed by atoms with Crippen LogP contribution in [0.25, 0.3) is 0 Å². The Morgan fingerprint density at radius 1 is 1.00 bits per heavy atom. The third-order valence-corrected chi connectivity index (χ3v) is 4.82. The van der Waals surface area contributed by atoms with Gasteiger partial charge in [-0.1, -0.05) is 17.7 Å². The Hall–Kier alpha value is -3.79. The number of ether oxygens (including phenoxy) is 1. The molecule has 0 spiro atoms. The van der Waals surface area contributed by atoms with Crippen molar-refractivity contribution in [1.29, 1.82) is 0 Å². The second-order valence-corrected chi connectivity index (χ2v) is 7.11. The predicted molar refractivity (Wildman–Crippen MR) is 119 cm³/mol. The fraction of sp³-hybridized carbons (Fsp3) is 0.136. The number of hydrogen-bond donors (Lipinski definition) is 3. The number of benzene rings is 2. The zero-order chi connectivity index (χ0) is 24.2. The number of methoxy groups -OCH3 is 1. The monoisotopic (exact) mass is 478 g/mol.